The molecule has 0 aromatic heterocycles. The standard InChI is InChI=1S/C18H21NO/c1-18-10-9-16(20)7-5-11-19(2)15(13-18)12-14-6-3-4-8-17(14)18/h3-10,15H,11-13H2,1-2H3/b7-5-,10-9-/t15?,18-/m0/s1. The zero-order valence-electron chi connectivity index (χ0n) is 12.2. The van der Waals surface area contributed by atoms with Gasteiger partial charge in [-0.15, -0.1) is 0 Å². The Labute approximate surface area is 120 Å². The van der Waals surface area contributed by atoms with E-state index in [0.717, 1.165) is 19.4 Å². The second-order valence-electron chi connectivity index (χ2n) is 6.21. The fraction of sp³-hybridized carbons (Fsp3) is 0.389. The highest BCUT2D eigenvalue weighted by Gasteiger charge is 2.36. The van der Waals surface area contributed by atoms with Crippen LogP contribution in [0.1, 0.15) is 24.5 Å². The van der Waals surface area contributed by atoms with Crippen LogP contribution in [-0.2, 0) is 16.6 Å². The maximum absolute atomic E-state index is 11.8. The number of ketones is 1. The molecule has 20 heavy (non-hydrogen) atoms. The molecule has 1 aromatic carbocycles. The van der Waals surface area contributed by atoms with E-state index in [2.05, 4.69) is 49.2 Å². The first-order valence-corrected chi connectivity index (χ1v) is 7.27. The van der Waals surface area contributed by atoms with E-state index >= 15 is 0 Å². The van der Waals surface area contributed by atoms with Gasteiger partial charge in [0, 0.05) is 18.0 Å². The van der Waals surface area contributed by atoms with E-state index < -0.39 is 0 Å². The highest BCUT2D eigenvalue weighted by atomic mass is 16.1. The van der Waals surface area contributed by atoms with Crippen LogP contribution in [0, 0.1) is 0 Å². The third kappa shape index (κ3) is 2.36. The summed E-state index contributed by atoms with van der Waals surface area (Å²) in [7, 11) is 2.15. The minimum atomic E-state index is -0.0470. The number of hydrogen-bond acceptors (Lipinski definition) is 2. The molecule has 2 atom stereocenters. The second kappa shape index (κ2) is 5.02. The summed E-state index contributed by atoms with van der Waals surface area (Å²) < 4.78 is 0. The summed E-state index contributed by atoms with van der Waals surface area (Å²) in [5.41, 5.74) is 2.74. The smallest absolute Gasteiger partial charge is 0.178 e. The van der Waals surface area contributed by atoms with Gasteiger partial charge < -0.3 is 0 Å². The van der Waals surface area contributed by atoms with Crippen molar-refractivity contribution in [3.05, 3.63) is 59.7 Å². The van der Waals surface area contributed by atoms with Crippen LogP contribution in [0.5, 0.6) is 0 Å². The number of likely N-dealkylation sites (N-methyl/N-ethyl adjacent to an activating group) is 1. The van der Waals surface area contributed by atoms with Crippen molar-refractivity contribution >= 4 is 5.78 Å². The van der Waals surface area contributed by atoms with Gasteiger partial charge in [0.25, 0.3) is 0 Å². The molecule has 1 aliphatic heterocycles. The van der Waals surface area contributed by atoms with Gasteiger partial charge in [-0.1, -0.05) is 43.3 Å². The van der Waals surface area contributed by atoms with Crippen molar-refractivity contribution in [1.82, 2.24) is 4.90 Å². The van der Waals surface area contributed by atoms with E-state index in [1.807, 2.05) is 6.08 Å². The maximum atomic E-state index is 11.8. The van der Waals surface area contributed by atoms with Crippen LogP contribution in [0.4, 0.5) is 0 Å². The molecule has 0 fully saturated rings. The highest BCUT2D eigenvalue weighted by molar-refractivity contribution is 5.99. The molecule has 0 saturated heterocycles. The minimum Gasteiger partial charge on any atom is -0.299 e. The molecule has 1 aromatic rings. The SMILES string of the molecule is CN1C/C=C\C(=O)/C=C\[C@@]2(C)CC1Cc1ccccc12. The van der Waals surface area contributed by atoms with Crippen molar-refractivity contribution in [1.29, 1.82) is 0 Å². The molecule has 2 aliphatic rings. The van der Waals surface area contributed by atoms with Crippen LogP contribution >= 0.6 is 0 Å². The number of rotatable bonds is 0. The van der Waals surface area contributed by atoms with Crippen molar-refractivity contribution in [3.8, 4) is 0 Å². The molecule has 3 rings (SSSR count). The molecule has 2 nitrogen and oxygen atoms in total. The Morgan fingerprint density at radius 3 is 2.90 bits per heavy atom. The van der Waals surface area contributed by atoms with Gasteiger partial charge in [-0.25, -0.2) is 0 Å². The number of fused-ring (bicyclic) bond motifs is 4. The average molecular weight is 267 g/mol. The minimum absolute atomic E-state index is 0.0470. The van der Waals surface area contributed by atoms with Crippen molar-refractivity contribution in [2.45, 2.75) is 31.2 Å². The summed E-state index contributed by atoms with van der Waals surface area (Å²) in [6.45, 7) is 3.09. The number of carbonyl (C=O) groups is 1. The molecule has 104 valence electrons. The van der Waals surface area contributed by atoms with Crippen molar-refractivity contribution < 1.29 is 4.79 Å². The van der Waals surface area contributed by atoms with Crippen LogP contribution in [0.15, 0.2) is 48.6 Å². The molecular weight excluding hydrogens is 246 g/mol. The van der Waals surface area contributed by atoms with Gasteiger partial charge >= 0.3 is 0 Å². The summed E-state index contributed by atoms with van der Waals surface area (Å²) in [4.78, 5) is 14.2. The summed E-state index contributed by atoms with van der Waals surface area (Å²) in [6, 6.07) is 9.18. The molecule has 0 saturated carbocycles. The molecule has 0 N–H and O–H groups in total. The normalized spacial score (nSPS) is 33.3. The van der Waals surface area contributed by atoms with Gasteiger partial charge in [-0.2, -0.15) is 0 Å². The average Bonchev–Trinajstić information content (AvgIpc) is 2.44. The molecule has 2 bridgehead atoms. The third-order valence-corrected chi connectivity index (χ3v) is 4.66. The quantitative estimate of drug-likeness (QED) is 0.720. The second-order valence-corrected chi connectivity index (χ2v) is 6.21. The largest absolute Gasteiger partial charge is 0.299 e. The van der Waals surface area contributed by atoms with Crippen molar-refractivity contribution in [3.63, 3.8) is 0 Å². The predicted octanol–water partition coefficient (Wildman–Crippen LogP) is 2.89. The van der Waals surface area contributed by atoms with Gasteiger partial charge in [0.2, 0.25) is 0 Å². The first kappa shape index (κ1) is 13.3. The Morgan fingerprint density at radius 1 is 1.25 bits per heavy atom. The Bertz CT molecular complexity index is 587. The number of allylic oxidation sites excluding steroid dienone is 3. The maximum Gasteiger partial charge on any atom is 0.178 e. The molecule has 0 radical (unpaired) electrons. The van der Waals surface area contributed by atoms with Crippen molar-refractivity contribution in [2.75, 3.05) is 13.6 Å². The van der Waals surface area contributed by atoms with Gasteiger partial charge in [-0.05, 0) is 43.2 Å². The number of hydrogen-bond donors (Lipinski definition) is 0. The van der Waals surface area contributed by atoms with E-state index in [-0.39, 0.29) is 11.2 Å². The first-order chi connectivity index (χ1) is 9.58. The first-order valence-electron chi connectivity index (χ1n) is 7.27. The third-order valence-electron chi connectivity index (χ3n) is 4.66. The molecule has 2 heteroatoms. The lowest BCUT2D eigenvalue weighted by Gasteiger charge is -2.42. The molecular formula is C18H21NO. The molecule has 1 unspecified atom stereocenters. The summed E-state index contributed by atoms with van der Waals surface area (Å²) in [5, 5.41) is 0. The lowest BCUT2D eigenvalue weighted by Crippen LogP contribution is -2.43. The fourth-order valence-corrected chi connectivity index (χ4v) is 3.46. The van der Waals surface area contributed by atoms with Gasteiger partial charge in [0.15, 0.2) is 5.78 Å². The predicted molar refractivity (Wildman–Crippen MR) is 81.8 cm³/mol. The number of carbonyl (C=O) groups excluding carboxylic acids is 1. The molecule has 0 spiro atoms. The Morgan fingerprint density at radius 2 is 2.05 bits per heavy atom. The van der Waals surface area contributed by atoms with Crippen LogP contribution in [0.2, 0.25) is 0 Å². The summed E-state index contributed by atoms with van der Waals surface area (Å²) in [6.07, 6.45) is 9.65. The topological polar surface area (TPSA) is 20.3 Å². The van der Waals surface area contributed by atoms with E-state index in [0.29, 0.717) is 6.04 Å². The molecule has 0 amide bonds. The monoisotopic (exact) mass is 267 g/mol. The zero-order chi connectivity index (χ0) is 14.2. The number of benzene rings is 1. The lowest BCUT2D eigenvalue weighted by atomic mass is 9.69. The van der Waals surface area contributed by atoms with Gasteiger partial charge in [0.1, 0.15) is 0 Å². The number of nitrogens with zero attached hydrogens (tertiary/aromatic N) is 1. The highest BCUT2D eigenvalue weighted by Crippen LogP contribution is 2.39. The molecule has 1 aliphatic carbocycles. The van der Waals surface area contributed by atoms with E-state index in [1.54, 1.807) is 12.2 Å². The van der Waals surface area contributed by atoms with Crippen molar-refractivity contribution in [2.24, 2.45) is 0 Å². The van der Waals surface area contributed by atoms with Crippen LogP contribution in [-0.4, -0.2) is 30.3 Å². The lowest BCUT2D eigenvalue weighted by molar-refractivity contribution is -0.110. The van der Waals surface area contributed by atoms with Gasteiger partial charge in [0.05, 0.1) is 0 Å². The molecule has 1 heterocycles. The van der Waals surface area contributed by atoms with E-state index in [4.69, 9.17) is 0 Å². The van der Waals surface area contributed by atoms with Crippen LogP contribution in [0.25, 0.3) is 0 Å². The summed E-state index contributed by atoms with van der Waals surface area (Å²) in [5.74, 6) is 0.0844. The van der Waals surface area contributed by atoms with Gasteiger partial charge in [-0.3, -0.25) is 9.69 Å². The zero-order valence-corrected chi connectivity index (χ0v) is 12.2. The Kier molecular flexibility index (Phi) is 3.35. The van der Waals surface area contributed by atoms with E-state index in [1.165, 1.54) is 11.1 Å². The Balaban J connectivity index is 2.10. The Hall–Kier alpha value is -1.67. The summed E-state index contributed by atoms with van der Waals surface area (Å²) >= 11 is 0. The van der Waals surface area contributed by atoms with Crippen LogP contribution < -0.4 is 0 Å². The van der Waals surface area contributed by atoms with E-state index in [9.17, 15) is 4.79 Å². The van der Waals surface area contributed by atoms with Crippen LogP contribution in [0.3, 0.4) is 0 Å². The fourth-order valence-electron chi connectivity index (χ4n) is 3.46.